The largest absolute Gasteiger partial charge is 0.389 e. The Balaban J connectivity index is 2.97. The van der Waals surface area contributed by atoms with Crippen LogP contribution in [0.4, 0.5) is 5.69 Å². The van der Waals surface area contributed by atoms with E-state index in [2.05, 4.69) is 35.1 Å². The maximum Gasteiger partial charge on any atom is 0.107 e. The Morgan fingerprint density at radius 1 is 1.47 bits per heavy atom. The van der Waals surface area contributed by atoms with Crippen LogP contribution in [-0.4, -0.2) is 11.0 Å². The van der Waals surface area contributed by atoms with Gasteiger partial charge in [0.2, 0.25) is 0 Å². The second kappa shape index (κ2) is 6.97. The van der Waals surface area contributed by atoms with Crippen LogP contribution in [-0.2, 0) is 0 Å². The van der Waals surface area contributed by atoms with Crippen LogP contribution in [0.25, 0.3) is 0 Å². The van der Waals surface area contributed by atoms with Gasteiger partial charge in [-0.2, -0.15) is 0 Å². The quantitative estimate of drug-likeness (QED) is 0.777. The van der Waals surface area contributed by atoms with Crippen molar-refractivity contribution in [3.63, 3.8) is 0 Å². The Morgan fingerprint density at radius 2 is 2.18 bits per heavy atom. The summed E-state index contributed by atoms with van der Waals surface area (Å²) in [5, 5.41) is 3.52. The van der Waals surface area contributed by atoms with Gasteiger partial charge in [0.1, 0.15) is 4.99 Å². The van der Waals surface area contributed by atoms with Gasteiger partial charge in [0.25, 0.3) is 0 Å². The van der Waals surface area contributed by atoms with Crippen molar-refractivity contribution in [1.29, 1.82) is 0 Å². The van der Waals surface area contributed by atoms with Gasteiger partial charge in [-0.3, -0.25) is 0 Å². The zero-order valence-electron chi connectivity index (χ0n) is 10.3. The number of thiocarbonyl (C=S) groups is 1. The highest BCUT2D eigenvalue weighted by Crippen LogP contribution is 2.26. The summed E-state index contributed by atoms with van der Waals surface area (Å²) < 4.78 is 0.946. The second-order valence-corrected chi connectivity index (χ2v) is 5.36. The van der Waals surface area contributed by atoms with Crippen molar-refractivity contribution in [2.75, 3.05) is 5.32 Å². The molecule has 0 amide bonds. The molecule has 0 aliphatic heterocycles. The molecule has 1 atom stereocenters. The number of nitrogens with two attached hydrogens (primary N) is 1. The molecule has 0 aliphatic carbocycles. The monoisotopic (exact) mass is 314 g/mol. The number of hydrogen-bond donors (Lipinski definition) is 2. The molecular weight excluding hydrogens is 296 g/mol. The third-order valence-corrected chi connectivity index (χ3v) is 3.61. The summed E-state index contributed by atoms with van der Waals surface area (Å²) in [6.45, 7) is 4.38. The maximum atomic E-state index is 5.77. The molecule has 0 bridgehead atoms. The Morgan fingerprint density at radius 3 is 2.71 bits per heavy atom. The van der Waals surface area contributed by atoms with Crippen LogP contribution >= 0.6 is 28.1 Å². The Kier molecular flexibility index (Phi) is 5.92. The lowest BCUT2D eigenvalue weighted by Gasteiger charge is -2.20. The molecule has 0 spiro atoms. The SMILES string of the molecule is CCCC(CC)Nc1cccc(Br)c1C(N)=S. The summed E-state index contributed by atoms with van der Waals surface area (Å²) in [6, 6.07) is 6.45. The standard InChI is InChI=1S/C13H19BrN2S/c1-3-6-9(4-2)16-11-8-5-7-10(14)12(11)13(15)17/h5,7-9,16H,3-4,6H2,1-2H3,(H2,15,17). The van der Waals surface area contributed by atoms with Gasteiger partial charge in [0, 0.05) is 21.8 Å². The third-order valence-electron chi connectivity index (χ3n) is 2.75. The fourth-order valence-electron chi connectivity index (χ4n) is 1.84. The van der Waals surface area contributed by atoms with Crippen LogP contribution in [0.3, 0.4) is 0 Å². The molecular formula is C13H19BrN2S. The minimum Gasteiger partial charge on any atom is -0.389 e. The van der Waals surface area contributed by atoms with Gasteiger partial charge in [-0.05, 0) is 40.9 Å². The molecule has 4 heteroatoms. The first-order valence-corrected chi connectivity index (χ1v) is 7.15. The summed E-state index contributed by atoms with van der Waals surface area (Å²) >= 11 is 8.59. The molecule has 17 heavy (non-hydrogen) atoms. The van der Waals surface area contributed by atoms with Crippen molar-refractivity contribution in [2.24, 2.45) is 5.73 Å². The van der Waals surface area contributed by atoms with E-state index >= 15 is 0 Å². The van der Waals surface area contributed by atoms with Crippen LogP contribution in [0.1, 0.15) is 38.7 Å². The fourth-order valence-corrected chi connectivity index (χ4v) is 2.77. The Bertz CT molecular complexity index is 393. The summed E-state index contributed by atoms with van der Waals surface area (Å²) in [4.78, 5) is 0.423. The van der Waals surface area contributed by atoms with E-state index in [0.717, 1.165) is 28.6 Å². The molecule has 0 heterocycles. The van der Waals surface area contributed by atoms with E-state index in [1.165, 1.54) is 6.42 Å². The molecule has 3 N–H and O–H groups in total. The highest BCUT2D eigenvalue weighted by Gasteiger charge is 2.12. The molecule has 2 nitrogen and oxygen atoms in total. The second-order valence-electron chi connectivity index (χ2n) is 4.06. The summed E-state index contributed by atoms with van der Waals surface area (Å²) in [5.41, 5.74) is 7.69. The van der Waals surface area contributed by atoms with E-state index in [9.17, 15) is 0 Å². The van der Waals surface area contributed by atoms with Crippen molar-refractivity contribution in [1.82, 2.24) is 0 Å². The first-order valence-electron chi connectivity index (χ1n) is 5.95. The van der Waals surface area contributed by atoms with Gasteiger partial charge >= 0.3 is 0 Å². The van der Waals surface area contributed by atoms with Crippen LogP contribution in [0.2, 0.25) is 0 Å². The van der Waals surface area contributed by atoms with E-state index in [0.29, 0.717) is 11.0 Å². The van der Waals surface area contributed by atoms with E-state index in [4.69, 9.17) is 18.0 Å². The highest BCUT2D eigenvalue weighted by molar-refractivity contribution is 9.10. The van der Waals surface area contributed by atoms with Gasteiger partial charge in [-0.25, -0.2) is 0 Å². The molecule has 1 aromatic carbocycles. The first kappa shape index (κ1) is 14.5. The molecule has 0 fully saturated rings. The van der Waals surface area contributed by atoms with Gasteiger partial charge in [-0.1, -0.05) is 38.6 Å². The lowest BCUT2D eigenvalue weighted by molar-refractivity contribution is 0.622. The van der Waals surface area contributed by atoms with Crippen LogP contribution in [0.5, 0.6) is 0 Å². The first-order chi connectivity index (χ1) is 8.10. The summed E-state index contributed by atoms with van der Waals surface area (Å²) in [6.07, 6.45) is 3.42. The number of rotatable bonds is 6. The Hall–Kier alpha value is -0.610. The van der Waals surface area contributed by atoms with E-state index in [1.807, 2.05) is 18.2 Å². The third kappa shape index (κ3) is 3.96. The average molecular weight is 315 g/mol. The summed E-state index contributed by atoms with van der Waals surface area (Å²) in [5.74, 6) is 0. The summed E-state index contributed by atoms with van der Waals surface area (Å²) in [7, 11) is 0. The number of benzene rings is 1. The van der Waals surface area contributed by atoms with Gasteiger partial charge in [0.15, 0.2) is 0 Å². The molecule has 0 aliphatic rings. The minimum atomic E-state index is 0.423. The number of halogens is 1. The molecule has 0 radical (unpaired) electrons. The highest BCUT2D eigenvalue weighted by atomic mass is 79.9. The number of anilines is 1. The minimum absolute atomic E-state index is 0.423. The van der Waals surface area contributed by atoms with Gasteiger partial charge in [0.05, 0.1) is 0 Å². The smallest absolute Gasteiger partial charge is 0.107 e. The topological polar surface area (TPSA) is 38.0 Å². The van der Waals surface area contributed by atoms with Crippen molar-refractivity contribution < 1.29 is 0 Å². The molecule has 0 saturated carbocycles. The Labute approximate surface area is 117 Å². The van der Waals surface area contributed by atoms with Crippen LogP contribution < -0.4 is 11.1 Å². The molecule has 0 aromatic heterocycles. The molecule has 1 unspecified atom stereocenters. The van der Waals surface area contributed by atoms with Gasteiger partial charge < -0.3 is 11.1 Å². The molecule has 1 aromatic rings. The fraction of sp³-hybridized carbons (Fsp3) is 0.462. The molecule has 0 saturated heterocycles. The predicted octanol–water partition coefficient (Wildman–Crippen LogP) is 4.07. The van der Waals surface area contributed by atoms with Gasteiger partial charge in [-0.15, -0.1) is 0 Å². The zero-order valence-corrected chi connectivity index (χ0v) is 12.7. The zero-order chi connectivity index (χ0) is 12.8. The van der Waals surface area contributed by atoms with Crippen molar-refractivity contribution in [3.05, 3.63) is 28.2 Å². The predicted molar refractivity (Wildman–Crippen MR) is 82.6 cm³/mol. The van der Waals surface area contributed by atoms with Crippen LogP contribution in [0.15, 0.2) is 22.7 Å². The van der Waals surface area contributed by atoms with Crippen molar-refractivity contribution in [2.45, 2.75) is 39.2 Å². The maximum absolute atomic E-state index is 5.77. The number of nitrogens with one attached hydrogen (secondary N) is 1. The normalized spacial score (nSPS) is 12.2. The van der Waals surface area contributed by atoms with E-state index in [1.54, 1.807) is 0 Å². The van der Waals surface area contributed by atoms with E-state index in [-0.39, 0.29) is 0 Å². The van der Waals surface area contributed by atoms with Crippen molar-refractivity contribution in [3.8, 4) is 0 Å². The molecule has 94 valence electrons. The molecule has 1 rings (SSSR count). The van der Waals surface area contributed by atoms with Crippen molar-refractivity contribution >= 4 is 38.8 Å². The average Bonchev–Trinajstić information content (AvgIpc) is 2.28. The number of hydrogen-bond acceptors (Lipinski definition) is 2. The van der Waals surface area contributed by atoms with Crippen LogP contribution in [0, 0.1) is 0 Å². The van der Waals surface area contributed by atoms with E-state index < -0.39 is 0 Å². The lowest BCUT2D eigenvalue weighted by atomic mass is 10.1. The lowest BCUT2D eigenvalue weighted by Crippen LogP contribution is -2.21.